The lowest BCUT2D eigenvalue weighted by Crippen LogP contribution is -2.02. The van der Waals surface area contributed by atoms with E-state index in [4.69, 9.17) is 9.47 Å². The van der Waals surface area contributed by atoms with Crippen molar-refractivity contribution < 1.29 is 19.1 Å². The molecule has 0 saturated heterocycles. The Kier molecular flexibility index (Phi) is 8.34. The molecule has 4 aromatic rings. The summed E-state index contributed by atoms with van der Waals surface area (Å²) < 4.78 is 11.4. The van der Waals surface area contributed by atoms with E-state index in [-0.39, 0.29) is 18.0 Å². The molecule has 0 unspecified atom stereocenters. The highest BCUT2D eigenvalue weighted by Gasteiger charge is 2.05. The largest absolute Gasteiger partial charge is 0.439 e. The molecule has 0 fully saturated rings. The van der Waals surface area contributed by atoms with Crippen molar-refractivity contribution in [1.29, 1.82) is 0 Å². The molecule has 0 saturated carbocycles. The average molecular weight is 491 g/mol. The third-order valence-corrected chi connectivity index (χ3v) is 5.28. The molecule has 37 heavy (non-hydrogen) atoms. The number of hydrogen-bond donors (Lipinski definition) is 0. The molecule has 0 atom stereocenters. The highest BCUT2D eigenvalue weighted by atomic mass is 16.5. The number of pyridine rings is 2. The first-order valence-corrected chi connectivity index (χ1v) is 11.8. The number of aromatic nitrogens is 2. The molecule has 2 heterocycles. The van der Waals surface area contributed by atoms with Gasteiger partial charge in [0.05, 0.1) is 6.42 Å². The molecule has 0 N–H and O–H groups in total. The Labute approximate surface area is 215 Å². The summed E-state index contributed by atoms with van der Waals surface area (Å²) in [5.74, 6) is 1.72. The van der Waals surface area contributed by atoms with Crippen LogP contribution in [0.5, 0.6) is 23.3 Å². The minimum absolute atomic E-state index is 0.225. The molecular weight excluding hydrogens is 464 g/mol. The van der Waals surface area contributed by atoms with E-state index in [1.165, 1.54) is 12.2 Å². The lowest BCUT2D eigenvalue weighted by Gasteiger charge is -2.05. The number of rotatable bonds is 10. The van der Waals surface area contributed by atoms with Crippen LogP contribution in [0, 0.1) is 13.8 Å². The Morgan fingerprint density at radius 3 is 1.38 bits per heavy atom. The Morgan fingerprint density at radius 2 is 1.03 bits per heavy atom. The number of benzene rings is 2. The minimum atomic E-state index is -0.297. The van der Waals surface area contributed by atoms with Gasteiger partial charge in [-0.15, -0.1) is 0 Å². The Bertz CT molecular complexity index is 1290. The molecule has 0 aliphatic carbocycles. The van der Waals surface area contributed by atoms with E-state index >= 15 is 0 Å². The summed E-state index contributed by atoms with van der Waals surface area (Å²) in [6.45, 7) is 4.02. The highest BCUT2D eigenvalue weighted by Crippen LogP contribution is 2.21. The number of ketones is 2. The van der Waals surface area contributed by atoms with Crippen LogP contribution in [-0.4, -0.2) is 21.5 Å². The summed E-state index contributed by atoms with van der Waals surface area (Å²) in [5.41, 5.74) is 3.75. The second kappa shape index (κ2) is 12.2. The van der Waals surface area contributed by atoms with Crippen LogP contribution in [0.15, 0.2) is 97.3 Å². The van der Waals surface area contributed by atoms with Gasteiger partial charge in [-0.05, 0) is 85.7 Å². The Balaban J connectivity index is 1.24. The van der Waals surface area contributed by atoms with Crippen LogP contribution in [0.1, 0.15) is 28.7 Å². The third kappa shape index (κ3) is 8.11. The predicted molar refractivity (Wildman–Crippen MR) is 144 cm³/mol. The topological polar surface area (TPSA) is 78.4 Å². The van der Waals surface area contributed by atoms with Gasteiger partial charge >= 0.3 is 0 Å². The highest BCUT2D eigenvalue weighted by molar-refractivity contribution is 6.10. The van der Waals surface area contributed by atoms with Crippen LogP contribution in [0.2, 0.25) is 0 Å². The second-order valence-electron chi connectivity index (χ2n) is 8.47. The molecule has 184 valence electrons. The number of aryl methyl sites for hydroxylation is 2. The van der Waals surface area contributed by atoms with Crippen molar-refractivity contribution >= 4 is 23.7 Å². The van der Waals surface area contributed by atoms with Crippen LogP contribution in [0.4, 0.5) is 0 Å². The minimum Gasteiger partial charge on any atom is -0.439 e. The quantitative estimate of drug-likeness (QED) is 0.177. The molecule has 0 aliphatic heterocycles. The normalized spacial score (nSPS) is 11.1. The van der Waals surface area contributed by atoms with Crippen LogP contribution < -0.4 is 9.47 Å². The van der Waals surface area contributed by atoms with Gasteiger partial charge in [-0.25, -0.2) is 9.97 Å². The van der Waals surface area contributed by atoms with E-state index in [0.29, 0.717) is 23.3 Å². The summed E-state index contributed by atoms with van der Waals surface area (Å²) >= 11 is 0. The van der Waals surface area contributed by atoms with Gasteiger partial charge in [0.2, 0.25) is 11.8 Å². The standard InChI is InChI=1S/C31H26N2O4/c1-22-3-13-28(14-4-22)36-30-17-9-24(20-32-30)7-11-26(34)19-27(35)12-8-25-10-18-31(33-21-25)37-29-15-5-23(2)6-16-29/h3-18,20-21H,19H2,1-2H3/b11-7+,12-8+. The summed E-state index contributed by atoms with van der Waals surface area (Å²) in [6.07, 6.45) is 8.99. The Morgan fingerprint density at radius 1 is 0.622 bits per heavy atom. The summed E-state index contributed by atoms with van der Waals surface area (Å²) in [6, 6.07) is 22.4. The lowest BCUT2D eigenvalue weighted by molar-refractivity contribution is -0.121. The molecule has 0 amide bonds. The smallest absolute Gasteiger partial charge is 0.219 e. The van der Waals surface area contributed by atoms with Crippen molar-refractivity contribution in [3.8, 4) is 23.3 Å². The number of nitrogens with zero attached hydrogens (tertiary/aromatic N) is 2. The molecule has 2 aromatic carbocycles. The number of allylic oxidation sites excluding steroid dienone is 2. The zero-order valence-electron chi connectivity index (χ0n) is 20.6. The van der Waals surface area contributed by atoms with Gasteiger partial charge in [0.15, 0.2) is 11.6 Å². The van der Waals surface area contributed by atoms with Crippen LogP contribution in [0.3, 0.4) is 0 Å². The van der Waals surface area contributed by atoms with Crippen molar-refractivity contribution in [2.24, 2.45) is 0 Å². The number of carbonyl (C=O) groups is 2. The lowest BCUT2D eigenvalue weighted by atomic mass is 10.1. The van der Waals surface area contributed by atoms with E-state index in [2.05, 4.69) is 9.97 Å². The fourth-order valence-corrected chi connectivity index (χ4v) is 3.22. The van der Waals surface area contributed by atoms with Gasteiger partial charge in [0.25, 0.3) is 0 Å². The summed E-state index contributed by atoms with van der Waals surface area (Å²) in [5, 5.41) is 0. The zero-order valence-corrected chi connectivity index (χ0v) is 20.6. The van der Waals surface area contributed by atoms with Crippen LogP contribution in [-0.2, 0) is 9.59 Å². The maximum atomic E-state index is 12.2. The van der Waals surface area contributed by atoms with Crippen molar-refractivity contribution in [1.82, 2.24) is 9.97 Å². The van der Waals surface area contributed by atoms with Crippen molar-refractivity contribution in [2.75, 3.05) is 0 Å². The molecule has 0 bridgehead atoms. The molecule has 2 aromatic heterocycles. The molecular formula is C31H26N2O4. The van der Waals surface area contributed by atoms with Gasteiger partial charge in [0, 0.05) is 24.5 Å². The van der Waals surface area contributed by atoms with E-state index in [1.54, 1.807) is 48.8 Å². The van der Waals surface area contributed by atoms with E-state index in [9.17, 15) is 9.59 Å². The van der Waals surface area contributed by atoms with Crippen LogP contribution in [0.25, 0.3) is 12.2 Å². The van der Waals surface area contributed by atoms with Gasteiger partial charge in [0.1, 0.15) is 11.5 Å². The predicted octanol–water partition coefficient (Wildman–Crippen LogP) is 6.93. The fraction of sp³-hybridized carbons (Fsp3) is 0.0968. The second-order valence-corrected chi connectivity index (χ2v) is 8.47. The maximum Gasteiger partial charge on any atom is 0.219 e. The number of carbonyl (C=O) groups excluding carboxylic acids is 2. The van der Waals surface area contributed by atoms with Crippen molar-refractivity contribution in [2.45, 2.75) is 20.3 Å². The van der Waals surface area contributed by atoms with E-state index < -0.39 is 0 Å². The molecule has 0 aliphatic rings. The van der Waals surface area contributed by atoms with Gasteiger partial charge in [-0.2, -0.15) is 0 Å². The number of hydrogen-bond acceptors (Lipinski definition) is 6. The van der Waals surface area contributed by atoms with Crippen LogP contribution >= 0.6 is 0 Å². The summed E-state index contributed by atoms with van der Waals surface area (Å²) in [4.78, 5) is 32.9. The first kappa shape index (κ1) is 25.3. The first-order valence-electron chi connectivity index (χ1n) is 11.8. The first-order chi connectivity index (χ1) is 17.9. The fourth-order valence-electron chi connectivity index (χ4n) is 3.22. The van der Waals surface area contributed by atoms with Gasteiger partial charge < -0.3 is 9.47 Å². The average Bonchev–Trinajstić information content (AvgIpc) is 2.90. The van der Waals surface area contributed by atoms with Crippen molar-refractivity contribution in [3.63, 3.8) is 0 Å². The molecule has 4 rings (SSSR count). The number of ether oxygens (including phenoxy) is 2. The molecule has 6 heteroatoms. The molecule has 0 spiro atoms. The van der Waals surface area contributed by atoms with E-state index in [1.807, 2.05) is 62.4 Å². The third-order valence-electron chi connectivity index (χ3n) is 5.28. The Hall–Kier alpha value is -4.84. The molecule has 6 nitrogen and oxygen atoms in total. The van der Waals surface area contributed by atoms with Gasteiger partial charge in [-0.3, -0.25) is 9.59 Å². The zero-order chi connectivity index (χ0) is 26.0. The van der Waals surface area contributed by atoms with Crippen molar-refractivity contribution in [3.05, 3.63) is 120 Å². The maximum absolute atomic E-state index is 12.2. The monoisotopic (exact) mass is 490 g/mol. The van der Waals surface area contributed by atoms with Gasteiger partial charge in [-0.1, -0.05) is 35.4 Å². The SMILES string of the molecule is Cc1ccc(Oc2ccc(/C=C/C(=O)CC(=O)/C=C/c3ccc(Oc4ccc(C)cc4)nc3)cn2)cc1. The van der Waals surface area contributed by atoms with E-state index in [0.717, 1.165) is 22.3 Å². The molecule has 0 radical (unpaired) electrons. The summed E-state index contributed by atoms with van der Waals surface area (Å²) in [7, 11) is 0.